The van der Waals surface area contributed by atoms with E-state index in [9.17, 15) is 4.79 Å². The molecule has 0 spiro atoms. The Kier molecular flexibility index (Phi) is 7.33. The molecular formula is C21H29N3O2. The third-order valence-corrected chi connectivity index (χ3v) is 4.24. The van der Waals surface area contributed by atoms with Crippen LogP contribution in [0.15, 0.2) is 48.5 Å². The highest BCUT2D eigenvalue weighted by molar-refractivity contribution is 5.91. The second-order valence-corrected chi connectivity index (χ2v) is 6.47. The van der Waals surface area contributed by atoms with E-state index in [-0.39, 0.29) is 6.03 Å². The maximum atomic E-state index is 12.8. The van der Waals surface area contributed by atoms with Gasteiger partial charge < -0.3 is 19.9 Å². The van der Waals surface area contributed by atoms with Gasteiger partial charge in [-0.2, -0.15) is 0 Å². The van der Waals surface area contributed by atoms with Gasteiger partial charge in [0.05, 0.1) is 12.8 Å². The number of benzene rings is 2. The van der Waals surface area contributed by atoms with Crippen molar-refractivity contribution in [2.75, 3.05) is 38.0 Å². The number of ether oxygens (including phenoxy) is 1. The molecule has 0 saturated carbocycles. The number of rotatable bonds is 8. The fourth-order valence-electron chi connectivity index (χ4n) is 2.66. The molecule has 0 aliphatic carbocycles. The summed E-state index contributed by atoms with van der Waals surface area (Å²) >= 11 is 0. The molecule has 0 aromatic heterocycles. The van der Waals surface area contributed by atoms with Crippen LogP contribution in [0.1, 0.15) is 25.3 Å². The Balaban J connectivity index is 2.11. The summed E-state index contributed by atoms with van der Waals surface area (Å²) in [5.41, 5.74) is 2.94. The fourth-order valence-corrected chi connectivity index (χ4v) is 2.66. The number of hydrogen-bond donors (Lipinski definition) is 1. The monoisotopic (exact) mass is 355 g/mol. The van der Waals surface area contributed by atoms with E-state index in [0.717, 1.165) is 24.1 Å². The molecule has 1 N–H and O–H groups in total. The zero-order valence-corrected chi connectivity index (χ0v) is 16.2. The fraction of sp³-hybridized carbons (Fsp3) is 0.381. The number of carbonyl (C=O) groups is 1. The van der Waals surface area contributed by atoms with Crippen molar-refractivity contribution in [3.63, 3.8) is 0 Å². The number of urea groups is 1. The van der Waals surface area contributed by atoms with Crippen molar-refractivity contribution in [1.29, 1.82) is 0 Å². The van der Waals surface area contributed by atoms with Gasteiger partial charge in [-0.15, -0.1) is 0 Å². The molecule has 2 rings (SSSR count). The van der Waals surface area contributed by atoms with Gasteiger partial charge in [-0.05, 0) is 36.2 Å². The SMILES string of the molecule is CCCCN(Cc1ccc(N(C)C)cc1)C(=O)Nc1ccccc1OC. The highest BCUT2D eigenvalue weighted by Crippen LogP contribution is 2.24. The van der Waals surface area contributed by atoms with Crippen molar-refractivity contribution >= 4 is 17.4 Å². The second kappa shape index (κ2) is 9.70. The van der Waals surface area contributed by atoms with E-state index in [1.54, 1.807) is 7.11 Å². The summed E-state index contributed by atoms with van der Waals surface area (Å²) in [6.45, 7) is 3.42. The molecule has 0 unspecified atom stereocenters. The normalized spacial score (nSPS) is 10.3. The zero-order chi connectivity index (χ0) is 18.9. The average Bonchev–Trinajstić information content (AvgIpc) is 2.65. The predicted molar refractivity (Wildman–Crippen MR) is 108 cm³/mol. The molecule has 0 fully saturated rings. The minimum absolute atomic E-state index is 0.111. The predicted octanol–water partition coefficient (Wildman–Crippen LogP) is 4.60. The highest BCUT2D eigenvalue weighted by Gasteiger charge is 2.15. The van der Waals surface area contributed by atoms with Crippen molar-refractivity contribution in [3.05, 3.63) is 54.1 Å². The third-order valence-electron chi connectivity index (χ3n) is 4.24. The van der Waals surface area contributed by atoms with Crippen LogP contribution >= 0.6 is 0 Å². The molecule has 0 aliphatic heterocycles. The van der Waals surface area contributed by atoms with Gasteiger partial charge in [-0.25, -0.2) is 4.79 Å². The standard InChI is InChI=1S/C21H29N3O2/c1-5-6-15-24(16-17-11-13-18(14-12-17)23(2)3)21(25)22-19-9-7-8-10-20(19)26-4/h7-14H,5-6,15-16H2,1-4H3,(H,22,25). The molecule has 2 amide bonds. The number of amides is 2. The lowest BCUT2D eigenvalue weighted by molar-refractivity contribution is 0.208. The van der Waals surface area contributed by atoms with Crippen molar-refractivity contribution in [3.8, 4) is 5.75 Å². The number of methoxy groups -OCH3 is 1. The average molecular weight is 355 g/mol. The van der Waals surface area contributed by atoms with Crippen LogP contribution in [0.2, 0.25) is 0 Å². The number of carbonyl (C=O) groups excluding carboxylic acids is 1. The Morgan fingerprint density at radius 1 is 1.08 bits per heavy atom. The van der Waals surface area contributed by atoms with E-state index < -0.39 is 0 Å². The molecule has 0 heterocycles. The van der Waals surface area contributed by atoms with Gasteiger partial charge in [0.15, 0.2) is 0 Å². The van der Waals surface area contributed by atoms with Gasteiger partial charge in [-0.3, -0.25) is 0 Å². The van der Waals surface area contributed by atoms with E-state index in [1.165, 1.54) is 0 Å². The summed E-state index contributed by atoms with van der Waals surface area (Å²) < 4.78 is 5.32. The van der Waals surface area contributed by atoms with Gasteiger partial charge in [0.2, 0.25) is 0 Å². The summed E-state index contributed by atoms with van der Waals surface area (Å²) in [4.78, 5) is 16.7. The summed E-state index contributed by atoms with van der Waals surface area (Å²) in [6.07, 6.45) is 2.01. The molecule has 0 aliphatic rings. The number of nitrogens with zero attached hydrogens (tertiary/aromatic N) is 2. The van der Waals surface area contributed by atoms with Gasteiger partial charge in [0.25, 0.3) is 0 Å². The highest BCUT2D eigenvalue weighted by atomic mass is 16.5. The molecule has 0 radical (unpaired) electrons. The minimum Gasteiger partial charge on any atom is -0.495 e. The molecule has 0 bridgehead atoms. The molecule has 5 nitrogen and oxygen atoms in total. The van der Waals surface area contributed by atoms with Crippen LogP contribution in [0.5, 0.6) is 5.75 Å². The Bertz CT molecular complexity index is 699. The second-order valence-electron chi connectivity index (χ2n) is 6.47. The smallest absolute Gasteiger partial charge is 0.322 e. The first-order chi connectivity index (χ1) is 12.5. The lowest BCUT2D eigenvalue weighted by Crippen LogP contribution is -2.35. The number of unbranched alkanes of at least 4 members (excludes halogenated alkanes) is 1. The van der Waals surface area contributed by atoms with Crippen LogP contribution in [0.25, 0.3) is 0 Å². The summed E-state index contributed by atoms with van der Waals surface area (Å²) in [7, 11) is 5.64. The zero-order valence-electron chi connectivity index (χ0n) is 16.2. The van der Waals surface area contributed by atoms with Gasteiger partial charge in [0.1, 0.15) is 5.75 Å². The Morgan fingerprint density at radius 3 is 2.38 bits per heavy atom. The van der Waals surface area contributed by atoms with E-state index in [0.29, 0.717) is 24.5 Å². The van der Waals surface area contributed by atoms with E-state index in [2.05, 4.69) is 41.4 Å². The summed E-state index contributed by atoms with van der Waals surface area (Å²) in [5.74, 6) is 0.659. The lowest BCUT2D eigenvalue weighted by atomic mass is 10.2. The van der Waals surface area contributed by atoms with Gasteiger partial charge in [-0.1, -0.05) is 37.6 Å². The molecule has 0 saturated heterocycles. The molecule has 2 aromatic rings. The van der Waals surface area contributed by atoms with Crippen LogP contribution in [-0.4, -0.2) is 38.7 Å². The largest absolute Gasteiger partial charge is 0.495 e. The number of anilines is 2. The first-order valence-electron chi connectivity index (χ1n) is 9.00. The molecular weight excluding hydrogens is 326 g/mol. The molecule has 5 heteroatoms. The Morgan fingerprint density at radius 2 is 1.77 bits per heavy atom. The van der Waals surface area contributed by atoms with Crippen molar-refractivity contribution in [1.82, 2.24) is 4.90 Å². The number of para-hydroxylation sites is 2. The van der Waals surface area contributed by atoms with E-state index >= 15 is 0 Å². The maximum Gasteiger partial charge on any atom is 0.322 e. The van der Waals surface area contributed by atoms with Gasteiger partial charge >= 0.3 is 6.03 Å². The lowest BCUT2D eigenvalue weighted by Gasteiger charge is -2.24. The van der Waals surface area contributed by atoms with Crippen LogP contribution in [0.4, 0.5) is 16.2 Å². The number of nitrogens with one attached hydrogen (secondary N) is 1. The first-order valence-corrected chi connectivity index (χ1v) is 9.00. The van der Waals surface area contributed by atoms with Gasteiger partial charge in [0, 0.05) is 32.9 Å². The van der Waals surface area contributed by atoms with E-state index in [4.69, 9.17) is 4.74 Å². The minimum atomic E-state index is -0.111. The Labute approximate surface area is 156 Å². The summed E-state index contributed by atoms with van der Waals surface area (Å²) in [6, 6.07) is 15.6. The van der Waals surface area contributed by atoms with Crippen LogP contribution in [-0.2, 0) is 6.54 Å². The maximum absolute atomic E-state index is 12.8. The molecule has 2 aromatic carbocycles. The topological polar surface area (TPSA) is 44.8 Å². The molecule has 0 atom stereocenters. The van der Waals surface area contributed by atoms with Crippen LogP contribution in [0, 0.1) is 0 Å². The van der Waals surface area contributed by atoms with Crippen molar-refractivity contribution in [2.45, 2.75) is 26.3 Å². The van der Waals surface area contributed by atoms with Crippen molar-refractivity contribution < 1.29 is 9.53 Å². The number of hydrogen-bond acceptors (Lipinski definition) is 3. The van der Waals surface area contributed by atoms with Crippen LogP contribution < -0.4 is 15.0 Å². The summed E-state index contributed by atoms with van der Waals surface area (Å²) in [5, 5.41) is 2.97. The Hall–Kier alpha value is -2.69. The quantitative estimate of drug-likeness (QED) is 0.753. The molecule has 140 valence electrons. The van der Waals surface area contributed by atoms with E-state index in [1.807, 2.05) is 43.3 Å². The first kappa shape index (κ1) is 19.6. The third kappa shape index (κ3) is 5.41. The molecule has 26 heavy (non-hydrogen) atoms. The van der Waals surface area contributed by atoms with Crippen molar-refractivity contribution in [2.24, 2.45) is 0 Å². The van der Waals surface area contributed by atoms with Crippen LogP contribution in [0.3, 0.4) is 0 Å².